The van der Waals surface area contributed by atoms with Crippen LogP contribution in [-0.4, -0.2) is 26.9 Å². The minimum Gasteiger partial charge on any atom is -0.352 e. The molecular formula is C20H26N2O3S. The van der Waals surface area contributed by atoms with Crippen molar-refractivity contribution in [3.8, 4) is 0 Å². The SMILES string of the molecule is Cc1ccc(S(=O)(=O)N(CC(=O)NC(C)C)c2cc(C)cc(C)c2)cc1. The maximum Gasteiger partial charge on any atom is 0.264 e. The molecule has 0 aliphatic carbocycles. The van der Waals surface area contributed by atoms with Crippen molar-refractivity contribution in [2.45, 2.75) is 45.6 Å². The van der Waals surface area contributed by atoms with E-state index >= 15 is 0 Å². The van der Waals surface area contributed by atoms with Crippen LogP contribution in [0.15, 0.2) is 47.4 Å². The fraction of sp³-hybridized carbons (Fsp3) is 0.350. The van der Waals surface area contributed by atoms with Gasteiger partial charge in [0.05, 0.1) is 10.6 Å². The fourth-order valence-corrected chi connectivity index (χ4v) is 4.15. The Labute approximate surface area is 156 Å². The quantitative estimate of drug-likeness (QED) is 0.843. The molecule has 0 aliphatic rings. The summed E-state index contributed by atoms with van der Waals surface area (Å²) in [6.07, 6.45) is 0. The minimum absolute atomic E-state index is 0.0642. The van der Waals surface area contributed by atoms with Gasteiger partial charge in [-0.05, 0) is 70.0 Å². The number of amides is 1. The molecule has 1 amide bonds. The molecule has 26 heavy (non-hydrogen) atoms. The molecule has 5 nitrogen and oxygen atoms in total. The van der Waals surface area contributed by atoms with Crippen molar-refractivity contribution in [2.24, 2.45) is 0 Å². The van der Waals surface area contributed by atoms with Crippen LogP contribution in [0.1, 0.15) is 30.5 Å². The molecule has 0 bridgehead atoms. The van der Waals surface area contributed by atoms with Gasteiger partial charge in [-0.1, -0.05) is 23.8 Å². The third-order valence-electron chi connectivity index (χ3n) is 3.84. The Morgan fingerprint density at radius 1 is 0.962 bits per heavy atom. The van der Waals surface area contributed by atoms with E-state index in [-0.39, 0.29) is 23.4 Å². The van der Waals surface area contributed by atoms with Gasteiger partial charge in [0.25, 0.3) is 10.0 Å². The second-order valence-electron chi connectivity index (χ2n) is 6.89. The third kappa shape index (κ3) is 4.85. The lowest BCUT2D eigenvalue weighted by Crippen LogP contribution is -2.43. The Morgan fingerprint density at radius 3 is 2.00 bits per heavy atom. The van der Waals surface area contributed by atoms with Gasteiger partial charge in [-0.25, -0.2) is 8.42 Å². The molecule has 0 saturated heterocycles. The van der Waals surface area contributed by atoms with Gasteiger partial charge in [0.1, 0.15) is 6.54 Å². The van der Waals surface area contributed by atoms with Crippen LogP contribution < -0.4 is 9.62 Å². The second kappa shape index (κ2) is 7.91. The predicted octanol–water partition coefficient (Wildman–Crippen LogP) is 3.33. The number of rotatable bonds is 6. The lowest BCUT2D eigenvalue weighted by Gasteiger charge is -2.25. The van der Waals surface area contributed by atoms with Crippen LogP contribution in [0.5, 0.6) is 0 Å². The van der Waals surface area contributed by atoms with Crippen LogP contribution in [0, 0.1) is 20.8 Å². The summed E-state index contributed by atoms with van der Waals surface area (Å²) < 4.78 is 27.6. The van der Waals surface area contributed by atoms with Crippen molar-refractivity contribution in [3.05, 3.63) is 59.2 Å². The highest BCUT2D eigenvalue weighted by Crippen LogP contribution is 2.26. The molecule has 0 atom stereocenters. The highest BCUT2D eigenvalue weighted by Gasteiger charge is 2.27. The molecule has 0 aliphatic heterocycles. The highest BCUT2D eigenvalue weighted by molar-refractivity contribution is 7.92. The molecule has 0 heterocycles. The van der Waals surface area contributed by atoms with E-state index in [1.165, 1.54) is 4.31 Å². The monoisotopic (exact) mass is 374 g/mol. The summed E-state index contributed by atoms with van der Waals surface area (Å²) in [6, 6.07) is 12.1. The number of anilines is 1. The summed E-state index contributed by atoms with van der Waals surface area (Å²) in [6.45, 7) is 9.12. The standard InChI is InChI=1S/C20H26N2O3S/c1-14(2)21-20(23)13-22(18-11-16(4)10-17(5)12-18)26(24,25)19-8-6-15(3)7-9-19/h6-12,14H,13H2,1-5H3,(H,21,23). The zero-order chi connectivity index (χ0) is 19.5. The number of carbonyl (C=O) groups excluding carboxylic acids is 1. The van der Waals surface area contributed by atoms with Crippen LogP contribution >= 0.6 is 0 Å². The van der Waals surface area contributed by atoms with E-state index in [0.29, 0.717) is 5.69 Å². The Morgan fingerprint density at radius 2 is 1.50 bits per heavy atom. The van der Waals surface area contributed by atoms with E-state index in [2.05, 4.69) is 5.32 Å². The van der Waals surface area contributed by atoms with Gasteiger partial charge in [0.15, 0.2) is 0 Å². The predicted molar refractivity (Wildman–Crippen MR) is 105 cm³/mol. The van der Waals surface area contributed by atoms with Crippen LogP contribution in [0.4, 0.5) is 5.69 Å². The first-order chi connectivity index (χ1) is 12.1. The molecule has 0 unspecified atom stereocenters. The molecule has 2 rings (SSSR count). The van der Waals surface area contributed by atoms with Gasteiger partial charge in [-0.3, -0.25) is 9.10 Å². The van der Waals surface area contributed by atoms with E-state index in [1.54, 1.807) is 36.4 Å². The van der Waals surface area contributed by atoms with Gasteiger partial charge in [0, 0.05) is 6.04 Å². The Hall–Kier alpha value is -2.34. The summed E-state index contributed by atoms with van der Waals surface area (Å²) in [5, 5.41) is 2.76. The average molecular weight is 375 g/mol. The lowest BCUT2D eigenvalue weighted by atomic mass is 10.1. The Bertz CT molecular complexity index is 868. The van der Waals surface area contributed by atoms with E-state index in [0.717, 1.165) is 16.7 Å². The maximum atomic E-state index is 13.2. The fourth-order valence-electron chi connectivity index (χ4n) is 2.75. The number of hydrogen-bond donors (Lipinski definition) is 1. The topological polar surface area (TPSA) is 66.5 Å². The zero-order valence-corrected chi connectivity index (χ0v) is 16.7. The first kappa shape index (κ1) is 20.0. The van der Waals surface area contributed by atoms with Crippen LogP contribution in [0.2, 0.25) is 0 Å². The van der Waals surface area contributed by atoms with Gasteiger partial charge < -0.3 is 5.32 Å². The molecule has 0 radical (unpaired) electrons. The van der Waals surface area contributed by atoms with Crippen molar-refractivity contribution < 1.29 is 13.2 Å². The van der Waals surface area contributed by atoms with Crippen molar-refractivity contribution in [2.75, 3.05) is 10.8 Å². The maximum absolute atomic E-state index is 13.2. The summed E-state index contributed by atoms with van der Waals surface area (Å²) in [4.78, 5) is 12.5. The lowest BCUT2D eigenvalue weighted by molar-refractivity contribution is -0.120. The Balaban J connectivity index is 2.51. The van der Waals surface area contributed by atoms with Gasteiger partial charge in [-0.15, -0.1) is 0 Å². The second-order valence-corrected chi connectivity index (χ2v) is 8.76. The van der Waals surface area contributed by atoms with Gasteiger partial charge in [0.2, 0.25) is 5.91 Å². The zero-order valence-electron chi connectivity index (χ0n) is 15.9. The summed E-state index contributed by atoms with van der Waals surface area (Å²) in [5.41, 5.74) is 3.34. The summed E-state index contributed by atoms with van der Waals surface area (Å²) >= 11 is 0. The number of benzene rings is 2. The van der Waals surface area contributed by atoms with E-state index < -0.39 is 10.0 Å². The molecule has 0 aromatic heterocycles. The molecule has 140 valence electrons. The smallest absolute Gasteiger partial charge is 0.264 e. The molecule has 0 spiro atoms. The summed E-state index contributed by atoms with van der Waals surface area (Å²) in [7, 11) is -3.86. The molecule has 6 heteroatoms. The molecular weight excluding hydrogens is 348 g/mol. The van der Waals surface area contributed by atoms with Gasteiger partial charge >= 0.3 is 0 Å². The minimum atomic E-state index is -3.86. The molecule has 1 N–H and O–H groups in total. The van der Waals surface area contributed by atoms with Crippen LogP contribution in [-0.2, 0) is 14.8 Å². The largest absolute Gasteiger partial charge is 0.352 e. The van der Waals surface area contributed by atoms with Crippen molar-refractivity contribution >= 4 is 21.6 Å². The van der Waals surface area contributed by atoms with Crippen molar-refractivity contribution in [3.63, 3.8) is 0 Å². The van der Waals surface area contributed by atoms with E-state index in [1.807, 2.05) is 40.7 Å². The Kier molecular flexibility index (Phi) is 6.08. The van der Waals surface area contributed by atoms with Crippen LogP contribution in [0.25, 0.3) is 0 Å². The molecule has 2 aromatic carbocycles. The summed E-state index contributed by atoms with van der Waals surface area (Å²) in [5.74, 6) is -0.338. The third-order valence-corrected chi connectivity index (χ3v) is 5.63. The van der Waals surface area contributed by atoms with Gasteiger partial charge in [-0.2, -0.15) is 0 Å². The van der Waals surface area contributed by atoms with E-state index in [9.17, 15) is 13.2 Å². The van der Waals surface area contributed by atoms with Crippen LogP contribution in [0.3, 0.4) is 0 Å². The first-order valence-electron chi connectivity index (χ1n) is 8.56. The number of sulfonamides is 1. The van der Waals surface area contributed by atoms with E-state index in [4.69, 9.17) is 0 Å². The number of nitrogens with zero attached hydrogens (tertiary/aromatic N) is 1. The number of hydrogen-bond acceptors (Lipinski definition) is 3. The number of carbonyl (C=O) groups is 1. The first-order valence-corrected chi connectivity index (χ1v) is 10.0. The average Bonchev–Trinajstić information content (AvgIpc) is 2.51. The van der Waals surface area contributed by atoms with Crippen molar-refractivity contribution in [1.82, 2.24) is 5.32 Å². The molecule has 0 saturated carbocycles. The normalized spacial score (nSPS) is 11.5. The number of nitrogens with one attached hydrogen (secondary N) is 1. The highest BCUT2D eigenvalue weighted by atomic mass is 32.2. The number of aryl methyl sites for hydroxylation is 3. The molecule has 2 aromatic rings. The van der Waals surface area contributed by atoms with Crippen molar-refractivity contribution in [1.29, 1.82) is 0 Å². The molecule has 0 fully saturated rings.